The molecule has 2 N–H and O–H groups in total. The summed E-state index contributed by atoms with van der Waals surface area (Å²) in [6.07, 6.45) is 1.58. The van der Waals surface area contributed by atoms with Gasteiger partial charge in [0.2, 0.25) is 0 Å². The van der Waals surface area contributed by atoms with E-state index in [4.69, 9.17) is 5.73 Å². The minimum atomic E-state index is -0.568. The molecule has 2 unspecified atom stereocenters. The Kier molecular flexibility index (Phi) is 7.49. The summed E-state index contributed by atoms with van der Waals surface area (Å²) in [6, 6.07) is 0.731. The first-order valence-corrected chi connectivity index (χ1v) is 5.78. The van der Waals surface area contributed by atoms with Gasteiger partial charge in [-0.3, -0.25) is 4.90 Å². The first-order valence-electron chi connectivity index (χ1n) is 4.62. The Labute approximate surface area is 83.4 Å². The molecule has 0 aromatic rings. The SMILES string of the molecule is CC(N)N1CCC1C.CO[SiH2]OC. The van der Waals surface area contributed by atoms with Gasteiger partial charge in [0.25, 0.3) is 0 Å². The summed E-state index contributed by atoms with van der Waals surface area (Å²) in [5.41, 5.74) is 5.61. The molecule has 0 bridgehead atoms. The number of nitrogens with two attached hydrogens (primary N) is 1. The molecule has 0 spiro atoms. The summed E-state index contributed by atoms with van der Waals surface area (Å²) in [6.45, 7) is 5.45. The summed E-state index contributed by atoms with van der Waals surface area (Å²) >= 11 is 0. The highest BCUT2D eigenvalue weighted by Crippen LogP contribution is 2.16. The molecule has 1 heterocycles. The Morgan fingerprint density at radius 3 is 2.00 bits per heavy atom. The van der Waals surface area contributed by atoms with Crippen LogP contribution < -0.4 is 5.73 Å². The van der Waals surface area contributed by atoms with Crippen molar-refractivity contribution in [2.75, 3.05) is 20.8 Å². The summed E-state index contributed by atoms with van der Waals surface area (Å²) in [5, 5.41) is 0. The van der Waals surface area contributed by atoms with Crippen LogP contribution in [-0.2, 0) is 8.85 Å². The van der Waals surface area contributed by atoms with Gasteiger partial charge in [-0.2, -0.15) is 0 Å². The van der Waals surface area contributed by atoms with Crippen LogP contribution >= 0.6 is 0 Å². The van der Waals surface area contributed by atoms with Crippen LogP contribution in [0.1, 0.15) is 20.3 Å². The molecule has 0 saturated carbocycles. The second kappa shape index (κ2) is 7.46. The minimum Gasteiger partial charge on any atom is -0.402 e. The highest BCUT2D eigenvalue weighted by molar-refractivity contribution is 6.17. The number of hydrogen-bond acceptors (Lipinski definition) is 4. The predicted molar refractivity (Wildman–Crippen MR) is 57.0 cm³/mol. The first kappa shape index (κ1) is 13.1. The molecule has 1 rings (SSSR count). The molecule has 0 aliphatic carbocycles. The molecule has 0 aromatic carbocycles. The second-order valence-corrected chi connectivity index (χ2v) is 4.70. The average molecular weight is 206 g/mol. The predicted octanol–water partition coefficient (Wildman–Crippen LogP) is -0.337. The lowest BCUT2D eigenvalue weighted by atomic mass is 10.1. The summed E-state index contributed by atoms with van der Waals surface area (Å²) < 4.78 is 9.22. The lowest BCUT2D eigenvalue weighted by Crippen LogP contribution is -2.53. The standard InChI is InChI=1S/C6H14N2.C2H8O2Si/c1-5-3-4-8(5)6(2)7;1-3-5-4-2/h5-6H,3-4,7H2,1-2H3;5H2,1-2H3. The van der Waals surface area contributed by atoms with Gasteiger partial charge >= 0.3 is 10.0 Å². The van der Waals surface area contributed by atoms with Gasteiger partial charge in [0.05, 0.1) is 6.17 Å². The monoisotopic (exact) mass is 206 g/mol. The third kappa shape index (κ3) is 5.38. The van der Waals surface area contributed by atoms with Gasteiger partial charge < -0.3 is 14.6 Å². The maximum atomic E-state index is 5.61. The fourth-order valence-corrected chi connectivity index (χ4v) is 1.49. The van der Waals surface area contributed by atoms with E-state index in [2.05, 4.69) is 20.7 Å². The molecule has 5 heteroatoms. The normalized spacial score (nSPS) is 24.2. The Bertz CT molecular complexity index is 118. The lowest BCUT2D eigenvalue weighted by molar-refractivity contribution is 0.0638. The van der Waals surface area contributed by atoms with Gasteiger partial charge in [-0.15, -0.1) is 0 Å². The van der Waals surface area contributed by atoms with Gasteiger partial charge in [0, 0.05) is 26.8 Å². The van der Waals surface area contributed by atoms with Crippen molar-refractivity contribution in [3.8, 4) is 0 Å². The van der Waals surface area contributed by atoms with Crippen LogP contribution in [0.5, 0.6) is 0 Å². The Balaban J connectivity index is 0.000000252. The van der Waals surface area contributed by atoms with Crippen molar-refractivity contribution < 1.29 is 8.85 Å². The Hall–Kier alpha value is 0.0569. The molecule has 13 heavy (non-hydrogen) atoms. The van der Waals surface area contributed by atoms with Crippen LogP contribution in [0.3, 0.4) is 0 Å². The van der Waals surface area contributed by atoms with Crippen molar-refractivity contribution in [2.45, 2.75) is 32.5 Å². The molecule has 0 aromatic heterocycles. The van der Waals surface area contributed by atoms with Crippen LogP contribution in [0.15, 0.2) is 0 Å². The molecule has 4 nitrogen and oxygen atoms in total. The van der Waals surface area contributed by atoms with Gasteiger partial charge in [-0.25, -0.2) is 0 Å². The zero-order valence-corrected chi connectivity index (χ0v) is 10.5. The maximum absolute atomic E-state index is 5.61. The smallest absolute Gasteiger partial charge is 0.303 e. The maximum Gasteiger partial charge on any atom is 0.303 e. The van der Waals surface area contributed by atoms with E-state index in [1.165, 1.54) is 13.0 Å². The van der Waals surface area contributed by atoms with E-state index < -0.39 is 10.0 Å². The van der Waals surface area contributed by atoms with Crippen molar-refractivity contribution >= 4 is 10.0 Å². The molecular weight excluding hydrogens is 184 g/mol. The summed E-state index contributed by atoms with van der Waals surface area (Å²) in [7, 11) is 2.73. The Morgan fingerprint density at radius 1 is 1.46 bits per heavy atom. The molecule has 2 atom stereocenters. The average Bonchev–Trinajstić information content (AvgIpc) is 2.03. The van der Waals surface area contributed by atoms with Crippen LogP contribution in [0, 0.1) is 0 Å². The summed E-state index contributed by atoms with van der Waals surface area (Å²) in [5.74, 6) is 0. The molecule has 1 fully saturated rings. The molecule has 1 saturated heterocycles. The first-order chi connectivity index (χ1) is 6.13. The third-order valence-corrected chi connectivity index (χ3v) is 2.60. The van der Waals surface area contributed by atoms with E-state index >= 15 is 0 Å². The molecule has 80 valence electrons. The third-order valence-electron chi connectivity index (χ3n) is 2.13. The second-order valence-electron chi connectivity index (χ2n) is 3.31. The van der Waals surface area contributed by atoms with Crippen molar-refractivity contribution in [1.82, 2.24) is 4.90 Å². The largest absolute Gasteiger partial charge is 0.402 e. The molecular formula is C8H22N2O2Si. The molecule has 0 amide bonds. The molecule has 1 aliphatic heterocycles. The van der Waals surface area contributed by atoms with Gasteiger partial charge in [-0.1, -0.05) is 0 Å². The van der Waals surface area contributed by atoms with Crippen LogP contribution in [0.25, 0.3) is 0 Å². The molecule has 1 aliphatic rings. The van der Waals surface area contributed by atoms with Crippen LogP contribution in [-0.4, -0.2) is 47.9 Å². The Morgan fingerprint density at radius 2 is 2.00 bits per heavy atom. The van der Waals surface area contributed by atoms with Gasteiger partial charge in [0.1, 0.15) is 0 Å². The highest BCUT2D eigenvalue weighted by Gasteiger charge is 2.25. The quantitative estimate of drug-likeness (QED) is 0.642. The molecule has 0 radical (unpaired) electrons. The van der Waals surface area contributed by atoms with E-state index in [1.54, 1.807) is 14.2 Å². The topological polar surface area (TPSA) is 47.7 Å². The lowest BCUT2D eigenvalue weighted by Gasteiger charge is -2.41. The zero-order valence-electron chi connectivity index (χ0n) is 9.12. The zero-order chi connectivity index (χ0) is 10.3. The highest BCUT2D eigenvalue weighted by atomic mass is 28.3. The fourth-order valence-electron chi connectivity index (χ4n) is 1.26. The fraction of sp³-hybridized carbons (Fsp3) is 1.00. The number of hydrogen-bond donors (Lipinski definition) is 1. The van der Waals surface area contributed by atoms with E-state index in [-0.39, 0.29) is 6.17 Å². The van der Waals surface area contributed by atoms with E-state index in [0.717, 1.165) is 6.04 Å². The van der Waals surface area contributed by atoms with Crippen molar-refractivity contribution in [3.05, 3.63) is 0 Å². The van der Waals surface area contributed by atoms with Crippen molar-refractivity contribution in [2.24, 2.45) is 5.73 Å². The van der Waals surface area contributed by atoms with Crippen LogP contribution in [0.4, 0.5) is 0 Å². The van der Waals surface area contributed by atoms with Crippen LogP contribution in [0.2, 0.25) is 0 Å². The van der Waals surface area contributed by atoms with Gasteiger partial charge in [-0.05, 0) is 20.3 Å². The summed E-state index contributed by atoms with van der Waals surface area (Å²) in [4.78, 5) is 2.29. The van der Waals surface area contributed by atoms with Gasteiger partial charge in [0.15, 0.2) is 0 Å². The minimum absolute atomic E-state index is 0.263. The van der Waals surface area contributed by atoms with E-state index in [9.17, 15) is 0 Å². The number of nitrogens with zero attached hydrogens (tertiary/aromatic N) is 1. The number of rotatable bonds is 3. The van der Waals surface area contributed by atoms with E-state index in [1.807, 2.05) is 6.92 Å². The van der Waals surface area contributed by atoms with Crippen molar-refractivity contribution in [1.29, 1.82) is 0 Å². The van der Waals surface area contributed by atoms with Crippen molar-refractivity contribution in [3.63, 3.8) is 0 Å². The number of likely N-dealkylation sites (tertiary alicyclic amines) is 1. The van der Waals surface area contributed by atoms with E-state index in [0.29, 0.717) is 0 Å².